The van der Waals surface area contributed by atoms with Crippen molar-refractivity contribution in [3.05, 3.63) is 79.2 Å². The van der Waals surface area contributed by atoms with Crippen molar-refractivity contribution in [1.82, 2.24) is 0 Å². The Kier molecular flexibility index (Phi) is 49.9. The molecule has 2 aromatic rings. The van der Waals surface area contributed by atoms with E-state index in [0.717, 1.165) is 0 Å². The zero-order valence-corrected chi connectivity index (χ0v) is 17.7. The molecule has 2 rings (SSSR count). The number of hydrogen-bond donors (Lipinski definition) is 0. The molecule has 0 fully saturated rings. The Bertz CT molecular complexity index is 390. The SMILES string of the molecule is C.C.CC.F.I.[CH2-]CC(=O)c1[c-]cccc1.[HH].[Y].c1ccccc1. The second kappa shape index (κ2) is 29.8. The third kappa shape index (κ3) is 21.9. The minimum Gasteiger partial charge on any atom is -0.355 e. The molecule has 1 nitrogen and oxygen atoms in total. The minimum absolute atomic E-state index is 0. The first kappa shape index (κ1) is 38.4. The van der Waals surface area contributed by atoms with Gasteiger partial charge < -0.3 is 11.7 Å². The van der Waals surface area contributed by atoms with E-state index in [1.165, 1.54) is 0 Å². The molecule has 133 valence electrons. The minimum atomic E-state index is 0. The Labute approximate surface area is 186 Å². The van der Waals surface area contributed by atoms with Gasteiger partial charge in [-0.1, -0.05) is 65.1 Å². The number of carbonyl (C=O) groups excluding carboxylic acids is 1. The predicted octanol–water partition coefficient (Wildman–Crippen LogP) is 6.89. The summed E-state index contributed by atoms with van der Waals surface area (Å²) in [5.74, 6) is 0.0422. The number of carbonyl (C=O) groups is 1. The van der Waals surface area contributed by atoms with Crippen LogP contribution in [0.2, 0.25) is 0 Å². The van der Waals surface area contributed by atoms with Gasteiger partial charge in [-0.2, -0.15) is 6.42 Å². The first-order valence-electron chi connectivity index (χ1n) is 6.14. The van der Waals surface area contributed by atoms with Crippen LogP contribution in [0, 0.1) is 13.0 Å². The summed E-state index contributed by atoms with van der Waals surface area (Å²) in [7, 11) is 0. The van der Waals surface area contributed by atoms with Gasteiger partial charge in [0.25, 0.3) is 0 Å². The molecule has 0 atom stereocenters. The van der Waals surface area contributed by atoms with Gasteiger partial charge in [-0.05, 0) is 0 Å². The summed E-state index contributed by atoms with van der Waals surface area (Å²) in [4.78, 5) is 10.9. The Hall–Kier alpha value is -0.126. The van der Waals surface area contributed by atoms with E-state index < -0.39 is 0 Å². The fourth-order valence-corrected chi connectivity index (χ4v) is 1.09. The van der Waals surface area contributed by atoms with Crippen LogP contribution in [0.15, 0.2) is 60.7 Å². The fourth-order valence-electron chi connectivity index (χ4n) is 1.09. The molecule has 0 spiro atoms. The fraction of sp³-hybridized carbons (Fsp3) is 0.263. The topological polar surface area (TPSA) is 17.1 Å². The molecule has 4 heteroatoms. The van der Waals surface area contributed by atoms with E-state index in [9.17, 15) is 4.79 Å². The van der Waals surface area contributed by atoms with E-state index in [-0.39, 0.29) is 83.5 Å². The normalized spacial score (nSPS) is 6.39. The molecule has 2 aromatic carbocycles. The Morgan fingerprint density at radius 2 is 1.39 bits per heavy atom. The van der Waals surface area contributed by atoms with Crippen LogP contribution in [0.5, 0.6) is 0 Å². The number of ketones is 1. The average molecular weight is 511 g/mol. The second-order valence-corrected chi connectivity index (χ2v) is 3.10. The molecule has 0 heterocycles. The predicted molar refractivity (Wildman–Crippen MR) is 111 cm³/mol. The number of hydrogen-bond acceptors (Lipinski definition) is 1. The molecule has 0 N–H and O–H groups in total. The molecular formula is C19H32FIOY-2. The molecule has 0 amide bonds. The first-order chi connectivity index (χ1) is 8.84. The van der Waals surface area contributed by atoms with Gasteiger partial charge in [0.2, 0.25) is 0 Å². The van der Waals surface area contributed by atoms with E-state index in [0.29, 0.717) is 12.0 Å². The van der Waals surface area contributed by atoms with Crippen molar-refractivity contribution in [2.24, 2.45) is 0 Å². The van der Waals surface area contributed by atoms with Crippen molar-refractivity contribution < 1.29 is 43.6 Å². The van der Waals surface area contributed by atoms with Gasteiger partial charge >= 0.3 is 0 Å². The third-order valence-electron chi connectivity index (χ3n) is 1.90. The summed E-state index contributed by atoms with van der Waals surface area (Å²) in [6.45, 7) is 7.49. The molecule has 1 radical (unpaired) electrons. The number of Topliss-reactive ketones (excluding diaryl/α,β-unsaturated/α-hetero) is 1. The summed E-state index contributed by atoms with van der Waals surface area (Å²) in [5.41, 5.74) is 0.623. The smallest absolute Gasteiger partial charge is 0.0492 e. The van der Waals surface area contributed by atoms with Crippen LogP contribution in [-0.2, 0) is 32.7 Å². The van der Waals surface area contributed by atoms with Crippen molar-refractivity contribution in [3.8, 4) is 0 Å². The van der Waals surface area contributed by atoms with Gasteiger partial charge in [-0.3, -0.25) is 4.70 Å². The van der Waals surface area contributed by atoms with Gasteiger partial charge in [-0.15, -0.1) is 59.9 Å². The van der Waals surface area contributed by atoms with Crippen LogP contribution >= 0.6 is 24.0 Å². The molecular weight excluding hydrogens is 479 g/mol. The Balaban J connectivity index is -0.0000000372. The number of rotatable bonds is 2. The van der Waals surface area contributed by atoms with Gasteiger partial charge in [0, 0.05) is 39.9 Å². The van der Waals surface area contributed by atoms with Crippen LogP contribution < -0.4 is 0 Å². The van der Waals surface area contributed by atoms with Crippen molar-refractivity contribution in [2.75, 3.05) is 0 Å². The molecule has 0 aliphatic rings. The summed E-state index contributed by atoms with van der Waals surface area (Å²) < 4.78 is 0. The van der Waals surface area contributed by atoms with Crippen molar-refractivity contribution in [3.63, 3.8) is 0 Å². The van der Waals surface area contributed by atoms with Crippen molar-refractivity contribution in [2.45, 2.75) is 35.1 Å². The van der Waals surface area contributed by atoms with Crippen LogP contribution in [0.25, 0.3) is 0 Å². The molecule has 0 bridgehead atoms. The van der Waals surface area contributed by atoms with Gasteiger partial charge in [-0.25, -0.2) is 0 Å². The standard InChI is InChI=1S/C9H8O.C6H6.C2H6.2CH4.FH.HI.Y.H2/c1-2-9(10)8-6-4-3-5-7-8;1-2-4-6-5-3-1;1-2;;;;;;/h3-6H,1-2H2;1-6H;1-2H3;2*1H4;2*1H;;1H/q-2;;;;;;;;. The molecule has 0 unspecified atom stereocenters. The quantitative estimate of drug-likeness (QED) is 0.244. The molecule has 0 aliphatic carbocycles. The number of benzene rings is 2. The van der Waals surface area contributed by atoms with Crippen LogP contribution in [-0.4, -0.2) is 5.78 Å². The molecule has 0 saturated carbocycles. The second-order valence-electron chi connectivity index (χ2n) is 3.10. The van der Waals surface area contributed by atoms with E-state index in [1.807, 2.05) is 62.4 Å². The zero-order valence-electron chi connectivity index (χ0n) is 12.5. The maximum absolute atomic E-state index is 10.9. The summed E-state index contributed by atoms with van der Waals surface area (Å²) in [6.07, 6.45) is 0.306. The van der Waals surface area contributed by atoms with E-state index in [4.69, 9.17) is 0 Å². The maximum atomic E-state index is 10.9. The summed E-state index contributed by atoms with van der Waals surface area (Å²) >= 11 is 0. The average Bonchev–Trinajstić information content (AvgIpc) is 2.52. The Morgan fingerprint density at radius 1 is 1.00 bits per heavy atom. The summed E-state index contributed by atoms with van der Waals surface area (Å²) in [5, 5.41) is 0. The first-order valence-corrected chi connectivity index (χ1v) is 6.14. The monoisotopic (exact) mass is 511 g/mol. The van der Waals surface area contributed by atoms with Crippen molar-refractivity contribution >= 4 is 29.8 Å². The maximum Gasteiger partial charge on any atom is 0.0492 e. The third-order valence-corrected chi connectivity index (χ3v) is 1.90. The molecule has 0 saturated heterocycles. The number of halogens is 2. The van der Waals surface area contributed by atoms with Gasteiger partial charge in [0.1, 0.15) is 0 Å². The van der Waals surface area contributed by atoms with E-state index in [2.05, 4.69) is 13.0 Å². The van der Waals surface area contributed by atoms with E-state index >= 15 is 0 Å². The van der Waals surface area contributed by atoms with Crippen LogP contribution in [0.3, 0.4) is 0 Å². The largest absolute Gasteiger partial charge is 0.355 e. The van der Waals surface area contributed by atoms with Gasteiger partial charge in [0.15, 0.2) is 0 Å². The van der Waals surface area contributed by atoms with Crippen LogP contribution in [0.1, 0.15) is 46.9 Å². The van der Waals surface area contributed by atoms with Crippen molar-refractivity contribution in [1.29, 1.82) is 0 Å². The van der Waals surface area contributed by atoms with E-state index in [1.54, 1.807) is 12.1 Å². The van der Waals surface area contributed by atoms with Crippen LogP contribution in [0.4, 0.5) is 4.70 Å². The Morgan fingerprint density at radius 3 is 1.65 bits per heavy atom. The van der Waals surface area contributed by atoms with Gasteiger partial charge in [0.05, 0.1) is 0 Å². The molecule has 0 aromatic heterocycles. The molecule has 23 heavy (non-hydrogen) atoms. The molecule has 0 aliphatic heterocycles. The zero-order chi connectivity index (χ0) is 13.6. The summed E-state index contributed by atoms with van der Waals surface area (Å²) in [6, 6.07) is 22.0.